The maximum absolute atomic E-state index is 12.8. The van der Waals surface area contributed by atoms with Crippen LogP contribution in [0.25, 0.3) is 0 Å². The molecule has 2 fully saturated rings. The van der Waals surface area contributed by atoms with Crippen molar-refractivity contribution in [3.8, 4) is 0 Å². The van der Waals surface area contributed by atoms with Crippen molar-refractivity contribution in [1.82, 2.24) is 13.9 Å². The van der Waals surface area contributed by atoms with Crippen LogP contribution in [0.1, 0.15) is 36.0 Å². The lowest BCUT2D eigenvalue weighted by Crippen LogP contribution is -2.43. The molecule has 0 atom stereocenters. The van der Waals surface area contributed by atoms with Gasteiger partial charge in [0.05, 0.1) is 23.9 Å². The van der Waals surface area contributed by atoms with Crippen molar-refractivity contribution in [1.29, 1.82) is 0 Å². The van der Waals surface area contributed by atoms with E-state index in [1.165, 1.54) is 32.9 Å². The van der Waals surface area contributed by atoms with E-state index in [2.05, 4.69) is 5.32 Å². The normalized spacial score (nSPS) is 19.9. The topological polar surface area (TPSA) is 113 Å². The summed E-state index contributed by atoms with van der Waals surface area (Å²) in [6.07, 6.45) is 3.78. The molecule has 1 N–H and O–H groups in total. The van der Waals surface area contributed by atoms with Crippen molar-refractivity contribution in [3.63, 3.8) is 0 Å². The van der Waals surface area contributed by atoms with Gasteiger partial charge < -0.3 is 10.1 Å². The lowest BCUT2D eigenvalue weighted by molar-refractivity contribution is 0.0730. The molecule has 2 saturated heterocycles. The molecule has 3 rings (SSSR count). The van der Waals surface area contributed by atoms with Crippen molar-refractivity contribution in [2.75, 3.05) is 51.7 Å². The molecule has 0 spiro atoms. The van der Waals surface area contributed by atoms with Crippen LogP contribution in [0.3, 0.4) is 0 Å². The summed E-state index contributed by atoms with van der Waals surface area (Å²) in [5, 5.41) is 2.59. The standard InChI is InChI=1S/C19H29N3O6S2/c23-19(20-9-16-29(24,25)21-12-14-28-15-13-21)17-5-7-18(8-6-17)30(26,27)22-10-3-1-2-4-11-22/h5-8H,1-4,9-16H2,(H,20,23). The molecule has 168 valence electrons. The van der Waals surface area contributed by atoms with E-state index in [-0.39, 0.29) is 22.8 Å². The summed E-state index contributed by atoms with van der Waals surface area (Å²) >= 11 is 0. The number of hydrogen-bond donors (Lipinski definition) is 1. The van der Waals surface area contributed by atoms with Crippen molar-refractivity contribution in [3.05, 3.63) is 29.8 Å². The lowest BCUT2D eigenvalue weighted by atomic mass is 10.2. The predicted molar refractivity (Wildman–Crippen MR) is 112 cm³/mol. The molecule has 0 aromatic heterocycles. The third-order valence-corrected chi connectivity index (χ3v) is 9.11. The molecule has 0 bridgehead atoms. The van der Waals surface area contributed by atoms with Gasteiger partial charge in [-0.1, -0.05) is 12.8 Å². The van der Waals surface area contributed by atoms with Gasteiger partial charge in [-0.25, -0.2) is 16.8 Å². The van der Waals surface area contributed by atoms with Crippen LogP contribution in [-0.2, 0) is 24.8 Å². The second-order valence-electron chi connectivity index (χ2n) is 7.43. The smallest absolute Gasteiger partial charge is 0.251 e. The molecule has 0 unspecified atom stereocenters. The molecule has 2 heterocycles. The van der Waals surface area contributed by atoms with Gasteiger partial charge in [0, 0.05) is 38.3 Å². The number of nitrogens with zero attached hydrogens (tertiary/aromatic N) is 2. The monoisotopic (exact) mass is 459 g/mol. The van der Waals surface area contributed by atoms with E-state index >= 15 is 0 Å². The van der Waals surface area contributed by atoms with Crippen molar-refractivity contribution < 1.29 is 26.4 Å². The van der Waals surface area contributed by atoms with Gasteiger partial charge in [0.1, 0.15) is 0 Å². The Balaban J connectivity index is 1.55. The molecule has 11 heteroatoms. The minimum absolute atomic E-state index is 0.0215. The number of carbonyl (C=O) groups is 1. The number of amides is 1. The van der Waals surface area contributed by atoms with Gasteiger partial charge in [0.15, 0.2) is 0 Å². The van der Waals surface area contributed by atoms with E-state index in [4.69, 9.17) is 4.74 Å². The van der Waals surface area contributed by atoms with Crippen LogP contribution >= 0.6 is 0 Å². The van der Waals surface area contributed by atoms with E-state index in [0.717, 1.165) is 25.7 Å². The minimum atomic E-state index is -3.57. The summed E-state index contributed by atoms with van der Waals surface area (Å²) in [7, 11) is -7.02. The molecule has 0 saturated carbocycles. The number of morpholine rings is 1. The van der Waals surface area contributed by atoms with Crippen LogP contribution in [0, 0.1) is 0 Å². The number of rotatable bonds is 7. The highest BCUT2D eigenvalue weighted by atomic mass is 32.2. The number of ether oxygens (including phenoxy) is 1. The molecule has 9 nitrogen and oxygen atoms in total. The first-order valence-corrected chi connectivity index (χ1v) is 13.3. The Bertz CT molecular complexity index is 918. The van der Waals surface area contributed by atoms with Gasteiger partial charge >= 0.3 is 0 Å². The zero-order valence-electron chi connectivity index (χ0n) is 17.0. The predicted octanol–water partition coefficient (Wildman–Crippen LogP) is 0.643. The molecule has 2 aliphatic rings. The van der Waals surface area contributed by atoms with E-state index in [1.807, 2.05) is 0 Å². The second kappa shape index (κ2) is 10.2. The molecule has 1 aromatic rings. The zero-order valence-corrected chi connectivity index (χ0v) is 18.6. The third kappa shape index (κ3) is 5.79. The van der Waals surface area contributed by atoms with Crippen LogP contribution in [0.4, 0.5) is 0 Å². The van der Waals surface area contributed by atoms with Crippen molar-refractivity contribution in [2.24, 2.45) is 0 Å². The minimum Gasteiger partial charge on any atom is -0.379 e. The van der Waals surface area contributed by atoms with E-state index in [0.29, 0.717) is 39.4 Å². The van der Waals surface area contributed by atoms with Gasteiger partial charge in [-0.15, -0.1) is 0 Å². The van der Waals surface area contributed by atoms with Crippen LogP contribution in [0.2, 0.25) is 0 Å². The van der Waals surface area contributed by atoms with Crippen LogP contribution in [0.5, 0.6) is 0 Å². The third-order valence-electron chi connectivity index (χ3n) is 5.33. The van der Waals surface area contributed by atoms with E-state index in [9.17, 15) is 21.6 Å². The Morgan fingerprint density at radius 1 is 0.867 bits per heavy atom. The van der Waals surface area contributed by atoms with E-state index < -0.39 is 26.0 Å². The Labute approximate surface area is 178 Å². The largest absolute Gasteiger partial charge is 0.379 e. The number of hydrogen-bond acceptors (Lipinski definition) is 6. The summed E-state index contributed by atoms with van der Waals surface area (Å²) in [5.41, 5.74) is 0.286. The van der Waals surface area contributed by atoms with Gasteiger partial charge in [-0.05, 0) is 37.1 Å². The molecule has 2 aliphatic heterocycles. The lowest BCUT2D eigenvalue weighted by Gasteiger charge is -2.26. The van der Waals surface area contributed by atoms with E-state index in [1.54, 1.807) is 0 Å². The zero-order chi connectivity index (χ0) is 21.6. The highest BCUT2D eigenvalue weighted by Crippen LogP contribution is 2.20. The van der Waals surface area contributed by atoms with Crippen LogP contribution in [-0.4, -0.2) is 83.0 Å². The average Bonchev–Trinajstić information content (AvgIpc) is 3.04. The number of carbonyl (C=O) groups excluding carboxylic acids is 1. The van der Waals surface area contributed by atoms with Gasteiger partial charge in [0.2, 0.25) is 20.0 Å². The molecule has 0 radical (unpaired) electrons. The van der Waals surface area contributed by atoms with Crippen molar-refractivity contribution >= 4 is 26.0 Å². The summed E-state index contributed by atoms with van der Waals surface area (Å²) in [5.74, 6) is -0.633. The maximum Gasteiger partial charge on any atom is 0.251 e. The molecule has 0 aliphatic carbocycles. The Morgan fingerprint density at radius 3 is 2.07 bits per heavy atom. The fourth-order valence-electron chi connectivity index (χ4n) is 3.56. The van der Waals surface area contributed by atoms with Gasteiger partial charge in [-0.2, -0.15) is 8.61 Å². The van der Waals surface area contributed by atoms with Crippen LogP contribution in [0.15, 0.2) is 29.2 Å². The number of nitrogens with one attached hydrogen (secondary N) is 1. The maximum atomic E-state index is 12.8. The molecule has 30 heavy (non-hydrogen) atoms. The summed E-state index contributed by atoms with van der Waals surface area (Å²) in [6.45, 7) is 2.40. The number of benzene rings is 1. The summed E-state index contributed by atoms with van der Waals surface area (Å²) in [4.78, 5) is 12.5. The summed E-state index contributed by atoms with van der Waals surface area (Å²) in [6, 6.07) is 5.77. The van der Waals surface area contributed by atoms with Crippen LogP contribution < -0.4 is 5.32 Å². The fraction of sp³-hybridized carbons (Fsp3) is 0.632. The van der Waals surface area contributed by atoms with Crippen molar-refractivity contribution in [2.45, 2.75) is 30.6 Å². The second-order valence-corrected chi connectivity index (χ2v) is 11.5. The Kier molecular flexibility index (Phi) is 7.86. The van der Waals surface area contributed by atoms with Gasteiger partial charge in [-0.3, -0.25) is 4.79 Å². The molecular formula is C19H29N3O6S2. The SMILES string of the molecule is O=C(NCCS(=O)(=O)N1CCOCC1)c1ccc(S(=O)(=O)N2CCCCCC2)cc1. The van der Waals surface area contributed by atoms with Gasteiger partial charge in [0.25, 0.3) is 5.91 Å². The average molecular weight is 460 g/mol. The summed E-state index contributed by atoms with van der Waals surface area (Å²) < 4.78 is 58.2. The first-order chi connectivity index (χ1) is 14.3. The first kappa shape index (κ1) is 23.1. The highest BCUT2D eigenvalue weighted by Gasteiger charge is 2.26. The first-order valence-electron chi connectivity index (χ1n) is 10.2. The number of sulfonamides is 2. The Hall–Kier alpha value is -1.53. The highest BCUT2D eigenvalue weighted by molar-refractivity contribution is 7.89. The fourth-order valence-corrected chi connectivity index (χ4v) is 6.40. The molecule has 1 aromatic carbocycles. The quantitative estimate of drug-likeness (QED) is 0.640. The molecular weight excluding hydrogens is 430 g/mol. The Morgan fingerprint density at radius 2 is 1.47 bits per heavy atom. The molecule has 1 amide bonds.